The monoisotopic (exact) mass is 615 g/mol. The van der Waals surface area contributed by atoms with E-state index in [4.69, 9.17) is 15.2 Å². The molecule has 3 atom stereocenters. The third kappa shape index (κ3) is 7.09. The van der Waals surface area contributed by atoms with E-state index in [1.165, 1.54) is 22.9 Å². The molecule has 0 aliphatic carbocycles. The number of pyridine rings is 1. The van der Waals surface area contributed by atoms with E-state index in [0.717, 1.165) is 5.69 Å². The van der Waals surface area contributed by atoms with Crippen molar-refractivity contribution in [2.45, 2.75) is 32.6 Å². The van der Waals surface area contributed by atoms with Gasteiger partial charge in [0.05, 0.1) is 65.6 Å². The minimum Gasteiger partial charge on any atom is -0.377 e. The maximum atomic E-state index is 15.0. The van der Waals surface area contributed by atoms with Crippen LogP contribution in [0.4, 0.5) is 26.1 Å². The van der Waals surface area contributed by atoms with Gasteiger partial charge in [0.25, 0.3) is 0 Å². The van der Waals surface area contributed by atoms with Gasteiger partial charge in [-0.3, -0.25) is 4.98 Å². The van der Waals surface area contributed by atoms with Crippen molar-refractivity contribution < 1.29 is 26.7 Å². The molecule has 1 aliphatic heterocycles. The van der Waals surface area contributed by atoms with Gasteiger partial charge in [0.1, 0.15) is 21.5 Å². The number of hydrogen-bond acceptors (Lipinski definition) is 10. The van der Waals surface area contributed by atoms with Crippen LogP contribution in [0.2, 0.25) is 0 Å². The first-order valence-electron chi connectivity index (χ1n) is 14.0. The molecule has 4 heterocycles. The normalized spacial score (nSPS) is 19.2. The van der Waals surface area contributed by atoms with Gasteiger partial charge >= 0.3 is 0 Å². The Morgan fingerprint density at radius 3 is 2.60 bits per heavy atom. The molecule has 11 nitrogen and oxygen atoms in total. The molecule has 0 saturated carbocycles. The zero-order valence-corrected chi connectivity index (χ0v) is 25.0. The Morgan fingerprint density at radius 2 is 1.91 bits per heavy atom. The van der Waals surface area contributed by atoms with Crippen molar-refractivity contribution in [2.75, 3.05) is 48.5 Å². The molecule has 1 fully saturated rings. The molecule has 4 aromatic rings. The van der Waals surface area contributed by atoms with Crippen LogP contribution in [0.3, 0.4) is 0 Å². The summed E-state index contributed by atoms with van der Waals surface area (Å²) in [6.07, 6.45) is 5.82. The van der Waals surface area contributed by atoms with Gasteiger partial charge < -0.3 is 25.4 Å². The molecule has 0 amide bonds. The number of rotatable bonds is 11. The number of benzene rings is 1. The molecule has 1 aromatic carbocycles. The number of piperidine rings is 1. The number of imidazole rings is 1. The van der Waals surface area contributed by atoms with Gasteiger partial charge in [0.15, 0.2) is 0 Å². The molecule has 5 rings (SSSR count). The smallest absolute Gasteiger partial charge is 0.229 e. The van der Waals surface area contributed by atoms with Crippen molar-refractivity contribution in [1.29, 1.82) is 0 Å². The fourth-order valence-electron chi connectivity index (χ4n) is 5.28. The fraction of sp³-hybridized carbons (Fsp3) is 0.414. The summed E-state index contributed by atoms with van der Waals surface area (Å²) < 4.78 is 65.7. The molecular formula is C29H35F2N7O4S. The lowest BCUT2D eigenvalue weighted by atomic mass is 9.92. The number of halogens is 2. The predicted molar refractivity (Wildman–Crippen MR) is 160 cm³/mol. The molecule has 0 bridgehead atoms. The lowest BCUT2D eigenvalue weighted by Crippen LogP contribution is -2.57. The van der Waals surface area contributed by atoms with Crippen LogP contribution in [0.1, 0.15) is 19.4 Å². The summed E-state index contributed by atoms with van der Waals surface area (Å²) in [5, 5.41) is 7.77. The van der Waals surface area contributed by atoms with Crippen molar-refractivity contribution in [3.63, 3.8) is 0 Å². The minimum atomic E-state index is -3.13. The molecule has 14 heteroatoms. The average molecular weight is 616 g/mol. The largest absolute Gasteiger partial charge is 0.377 e. The number of anilines is 3. The lowest BCUT2D eigenvalue weighted by molar-refractivity contribution is 0.00183. The summed E-state index contributed by atoms with van der Waals surface area (Å²) >= 11 is 0. The van der Waals surface area contributed by atoms with Crippen LogP contribution in [0, 0.1) is 17.6 Å². The van der Waals surface area contributed by atoms with Crippen LogP contribution < -0.4 is 16.0 Å². The second-order valence-corrected chi connectivity index (χ2v) is 13.0. The van der Waals surface area contributed by atoms with Crippen LogP contribution in [0.15, 0.2) is 48.9 Å². The number of nitrogens with one attached hydrogen (secondary N) is 1. The maximum absolute atomic E-state index is 15.0. The number of ether oxygens (including phenoxy) is 2. The Morgan fingerprint density at radius 1 is 1.14 bits per heavy atom. The van der Waals surface area contributed by atoms with E-state index in [1.54, 1.807) is 30.7 Å². The molecule has 0 radical (unpaired) electrons. The van der Waals surface area contributed by atoms with E-state index in [9.17, 15) is 8.42 Å². The number of sulfone groups is 1. The molecule has 43 heavy (non-hydrogen) atoms. The van der Waals surface area contributed by atoms with E-state index >= 15 is 8.78 Å². The van der Waals surface area contributed by atoms with E-state index < -0.39 is 21.5 Å². The lowest BCUT2D eigenvalue weighted by Gasteiger charge is -2.42. The predicted octanol–water partition coefficient (Wildman–Crippen LogP) is 3.56. The minimum absolute atomic E-state index is 0.0190. The highest BCUT2D eigenvalue weighted by molar-refractivity contribution is 7.90. The standard InChI is InChI=1S/C29H35F2N7O4S/c1-4-41-17-19-11-21(30)27(22(31)12-19)24-6-5-20-13-34-29(38(20)36-24)35-25-14-33-8-7-26(25)37-15-18(2)28(23(32)16-37)42-9-10-43(3,39)40/h5-8,11-14,18,23,28H,4,9-10,15-17,32H2,1-3H3,(H,34,35)/t18-,23+,28-/m0/s1. The highest BCUT2D eigenvalue weighted by atomic mass is 32.2. The van der Waals surface area contributed by atoms with Gasteiger partial charge in [-0.15, -0.1) is 0 Å². The van der Waals surface area contributed by atoms with E-state index in [-0.39, 0.29) is 48.3 Å². The molecule has 1 aliphatic rings. The maximum Gasteiger partial charge on any atom is 0.229 e. The topological polar surface area (TPSA) is 137 Å². The van der Waals surface area contributed by atoms with Crippen molar-refractivity contribution in [2.24, 2.45) is 11.7 Å². The first kappa shape index (κ1) is 30.7. The third-order valence-electron chi connectivity index (χ3n) is 7.29. The van der Waals surface area contributed by atoms with Crippen molar-refractivity contribution in [3.8, 4) is 11.3 Å². The number of aromatic nitrogens is 4. The fourth-order valence-corrected chi connectivity index (χ4v) is 5.68. The molecule has 3 aromatic heterocycles. The van der Waals surface area contributed by atoms with Gasteiger partial charge in [-0.05, 0) is 42.8 Å². The van der Waals surface area contributed by atoms with Crippen molar-refractivity contribution in [3.05, 3.63) is 66.1 Å². The van der Waals surface area contributed by atoms with Gasteiger partial charge in [0, 0.05) is 44.1 Å². The van der Waals surface area contributed by atoms with Crippen LogP contribution in [0.5, 0.6) is 0 Å². The third-order valence-corrected chi connectivity index (χ3v) is 8.20. The molecular weight excluding hydrogens is 580 g/mol. The first-order valence-corrected chi connectivity index (χ1v) is 16.0. The van der Waals surface area contributed by atoms with Crippen molar-refractivity contribution in [1.82, 2.24) is 19.6 Å². The Bertz CT molecular complexity index is 1670. The number of fused-ring (bicyclic) bond motifs is 1. The van der Waals surface area contributed by atoms with E-state index in [2.05, 4.69) is 25.3 Å². The van der Waals surface area contributed by atoms with Gasteiger partial charge in [-0.2, -0.15) is 9.61 Å². The zero-order valence-electron chi connectivity index (χ0n) is 24.2. The number of nitrogens with zero attached hydrogens (tertiary/aromatic N) is 5. The Labute approximate surface area is 248 Å². The molecule has 0 unspecified atom stereocenters. The number of hydrogen-bond donors (Lipinski definition) is 2. The van der Waals surface area contributed by atoms with Crippen LogP contribution in [-0.4, -0.2) is 78.5 Å². The molecule has 3 N–H and O–H groups in total. The van der Waals surface area contributed by atoms with Gasteiger partial charge in [-0.1, -0.05) is 6.92 Å². The van der Waals surface area contributed by atoms with E-state index in [1.807, 2.05) is 19.9 Å². The first-order chi connectivity index (χ1) is 20.5. The number of nitrogens with two attached hydrogens (primary N) is 1. The summed E-state index contributed by atoms with van der Waals surface area (Å²) in [4.78, 5) is 10.8. The summed E-state index contributed by atoms with van der Waals surface area (Å²) in [5.41, 5.74) is 8.83. The zero-order chi connectivity index (χ0) is 30.7. The van der Waals surface area contributed by atoms with E-state index in [0.29, 0.717) is 42.4 Å². The van der Waals surface area contributed by atoms with Crippen LogP contribution in [-0.2, 0) is 25.9 Å². The molecule has 230 valence electrons. The van der Waals surface area contributed by atoms with Gasteiger partial charge in [0.2, 0.25) is 5.95 Å². The Balaban J connectivity index is 1.37. The SMILES string of the molecule is CCOCc1cc(F)c(-c2ccc3cnc(Nc4cnccc4N4C[C@@H](N)[C@@H](OCCS(C)(=O)=O)[C@@H](C)C4)n3n2)c(F)c1. The van der Waals surface area contributed by atoms with Crippen molar-refractivity contribution >= 4 is 32.7 Å². The summed E-state index contributed by atoms with van der Waals surface area (Å²) in [5.74, 6) is -1.18. The highest BCUT2D eigenvalue weighted by Crippen LogP contribution is 2.32. The van der Waals surface area contributed by atoms with Gasteiger partial charge in [-0.25, -0.2) is 22.2 Å². The molecule has 0 spiro atoms. The second-order valence-electron chi connectivity index (χ2n) is 10.7. The average Bonchev–Trinajstić information content (AvgIpc) is 3.34. The summed E-state index contributed by atoms with van der Waals surface area (Å²) in [7, 11) is -3.13. The Kier molecular flexibility index (Phi) is 9.20. The summed E-state index contributed by atoms with van der Waals surface area (Å²) in [6.45, 7) is 5.54. The van der Waals surface area contributed by atoms with Crippen LogP contribution in [0.25, 0.3) is 16.8 Å². The quantitative estimate of drug-likeness (QED) is 0.258. The molecule has 1 saturated heterocycles. The second kappa shape index (κ2) is 12.9. The Hall–Kier alpha value is -3.72. The highest BCUT2D eigenvalue weighted by Gasteiger charge is 2.34. The summed E-state index contributed by atoms with van der Waals surface area (Å²) in [6, 6.07) is 7.24. The van der Waals surface area contributed by atoms with Crippen LogP contribution >= 0.6 is 0 Å².